The standard InChI is InChI=1S/C17H20BrNO3S/c18-14-6-8-15(9-7-14)23-11-10-19-16(20)12-22-17(21)13-4-2-1-3-5-13/h1-2,6-9,13H,3-5,10-12H2,(H,19,20)/t13-/m0/s1. The van der Waals surface area contributed by atoms with Crippen LogP contribution in [0.15, 0.2) is 45.8 Å². The highest BCUT2D eigenvalue weighted by molar-refractivity contribution is 9.10. The fourth-order valence-corrected chi connectivity index (χ4v) is 3.24. The number of amides is 1. The van der Waals surface area contributed by atoms with Crippen LogP contribution in [0, 0.1) is 5.92 Å². The van der Waals surface area contributed by atoms with Crippen molar-refractivity contribution in [2.24, 2.45) is 5.92 Å². The molecule has 0 spiro atoms. The summed E-state index contributed by atoms with van der Waals surface area (Å²) in [6.07, 6.45) is 6.48. The third-order valence-corrected chi connectivity index (χ3v) is 5.00. The first-order valence-electron chi connectivity index (χ1n) is 7.62. The summed E-state index contributed by atoms with van der Waals surface area (Å²) in [4.78, 5) is 24.6. The Labute approximate surface area is 149 Å². The summed E-state index contributed by atoms with van der Waals surface area (Å²) in [6.45, 7) is 0.352. The summed E-state index contributed by atoms with van der Waals surface area (Å²) in [6, 6.07) is 8.02. The molecule has 0 heterocycles. The Hall–Kier alpha value is -1.27. The van der Waals surface area contributed by atoms with Gasteiger partial charge in [-0.15, -0.1) is 11.8 Å². The number of allylic oxidation sites excluding steroid dienone is 2. The second-order valence-electron chi connectivity index (χ2n) is 5.24. The van der Waals surface area contributed by atoms with Crippen molar-refractivity contribution in [1.82, 2.24) is 5.32 Å². The number of thioether (sulfide) groups is 1. The van der Waals surface area contributed by atoms with Gasteiger partial charge in [0, 0.05) is 21.7 Å². The van der Waals surface area contributed by atoms with Crippen LogP contribution in [-0.2, 0) is 14.3 Å². The molecular formula is C17H20BrNO3S. The molecule has 1 amide bonds. The molecule has 0 aromatic heterocycles. The van der Waals surface area contributed by atoms with Crippen molar-refractivity contribution in [1.29, 1.82) is 0 Å². The number of rotatable bonds is 7. The van der Waals surface area contributed by atoms with Crippen molar-refractivity contribution in [2.45, 2.75) is 24.2 Å². The number of carbonyl (C=O) groups is 2. The Morgan fingerprint density at radius 2 is 2.04 bits per heavy atom. The highest BCUT2D eigenvalue weighted by atomic mass is 79.9. The minimum Gasteiger partial charge on any atom is -0.455 e. The Morgan fingerprint density at radius 3 is 2.74 bits per heavy atom. The first-order valence-corrected chi connectivity index (χ1v) is 9.39. The molecule has 6 heteroatoms. The quantitative estimate of drug-likeness (QED) is 0.330. The second kappa shape index (κ2) is 9.78. The van der Waals surface area contributed by atoms with Crippen molar-refractivity contribution in [3.63, 3.8) is 0 Å². The molecule has 1 atom stereocenters. The number of ether oxygens (including phenoxy) is 1. The van der Waals surface area contributed by atoms with Gasteiger partial charge in [-0.25, -0.2) is 0 Å². The maximum absolute atomic E-state index is 11.8. The van der Waals surface area contributed by atoms with E-state index in [-0.39, 0.29) is 24.4 Å². The third-order valence-electron chi connectivity index (χ3n) is 3.45. The molecule has 1 aliphatic rings. The first-order chi connectivity index (χ1) is 11.1. The van der Waals surface area contributed by atoms with Crippen LogP contribution in [0.1, 0.15) is 19.3 Å². The average Bonchev–Trinajstić information content (AvgIpc) is 2.59. The maximum atomic E-state index is 11.8. The van der Waals surface area contributed by atoms with E-state index < -0.39 is 0 Å². The molecule has 1 N–H and O–H groups in total. The van der Waals surface area contributed by atoms with E-state index in [1.165, 1.54) is 0 Å². The van der Waals surface area contributed by atoms with Gasteiger partial charge in [0.05, 0.1) is 5.92 Å². The minimum absolute atomic E-state index is 0.0965. The summed E-state index contributed by atoms with van der Waals surface area (Å²) in [5.74, 6) is 0.157. The number of halogens is 1. The van der Waals surface area contributed by atoms with E-state index in [0.717, 1.165) is 28.0 Å². The zero-order valence-electron chi connectivity index (χ0n) is 12.8. The molecule has 124 valence electrons. The smallest absolute Gasteiger partial charge is 0.309 e. The van der Waals surface area contributed by atoms with Crippen LogP contribution >= 0.6 is 27.7 Å². The van der Waals surface area contributed by atoms with Gasteiger partial charge in [0.25, 0.3) is 5.91 Å². The summed E-state index contributed by atoms with van der Waals surface area (Å²) in [5, 5.41) is 2.76. The number of benzene rings is 1. The molecule has 1 aliphatic carbocycles. The molecule has 2 rings (SSSR count). The molecule has 0 fully saturated rings. The lowest BCUT2D eigenvalue weighted by Crippen LogP contribution is -2.31. The topological polar surface area (TPSA) is 55.4 Å². The monoisotopic (exact) mass is 397 g/mol. The van der Waals surface area contributed by atoms with Crippen LogP contribution < -0.4 is 5.32 Å². The second-order valence-corrected chi connectivity index (χ2v) is 7.33. The normalized spacial score (nSPS) is 16.8. The van der Waals surface area contributed by atoms with Gasteiger partial charge in [-0.3, -0.25) is 9.59 Å². The predicted molar refractivity (Wildman–Crippen MR) is 95.3 cm³/mol. The van der Waals surface area contributed by atoms with E-state index in [1.54, 1.807) is 11.8 Å². The molecule has 23 heavy (non-hydrogen) atoms. The van der Waals surface area contributed by atoms with Crippen LogP contribution in [-0.4, -0.2) is 30.8 Å². The Morgan fingerprint density at radius 1 is 1.26 bits per heavy atom. The van der Waals surface area contributed by atoms with Gasteiger partial charge >= 0.3 is 5.97 Å². The average molecular weight is 398 g/mol. The van der Waals surface area contributed by atoms with E-state index >= 15 is 0 Å². The summed E-state index contributed by atoms with van der Waals surface area (Å²) < 4.78 is 6.12. The van der Waals surface area contributed by atoms with E-state index in [2.05, 4.69) is 27.3 Å². The van der Waals surface area contributed by atoms with Crippen molar-refractivity contribution in [2.75, 3.05) is 18.9 Å². The Kier molecular flexibility index (Phi) is 7.68. The van der Waals surface area contributed by atoms with Crippen LogP contribution in [0.5, 0.6) is 0 Å². The van der Waals surface area contributed by atoms with Gasteiger partial charge in [0.2, 0.25) is 0 Å². The van der Waals surface area contributed by atoms with Crippen molar-refractivity contribution < 1.29 is 14.3 Å². The highest BCUT2D eigenvalue weighted by Gasteiger charge is 2.20. The molecular weight excluding hydrogens is 378 g/mol. The number of nitrogens with one attached hydrogen (secondary N) is 1. The maximum Gasteiger partial charge on any atom is 0.309 e. The number of hydrogen-bond donors (Lipinski definition) is 1. The zero-order valence-corrected chi connectivity index (χ0v) is 15.2. The molecule has 1 aromatic carbocycles. The van der Waals surface area contributed by atoms with Crippen LogP contribution in [0.2, 0.25) is 0 Å². The summed E-state index contributed by atoms with van der Waals surface area (Å²) in [5.41, 5.74) is 0. The zero-order chi connectivity index (χ0) is 16.5. The molecule has 0 aliphatic heterocycles. The van der Waals surface area contributed by atoms with Gasteiger partial charge in [-0.05, 0) is 43.5 Å². The van der Waals surface area contributed by atoms with Crippen molar-refractivity contribution in [3.05, 3.63) is 40.9 Å². The Balaban J connectivity index is 1.57. The van der Waals surface area contributed by atoms with E-state index in [9.17, 15) is 9.59 Å². The lowest BCUT2D eigenvalue weighted by molar-refractivity contribution is -0.152. The van der Waals surface area contributed by atoms with Crippen molar-refractivity contribution in [3.8, 4) is 0 Å². The molecule has 0 saturated carbocycles. The summed E-state index contributed by atoms with van der Waals surface area (Å²) >= 11 is 5.06. The van der Waals surface area contributed by atoms with E-state index in [1.807, 2.05) is 30.3 Å². The van der Waals surface area contributed by atoms with Gasteiger partial charge in [0.1, 0.15) is 0 Å². The lowest BCUT2D eigenvalue weighted by Gasteiger charge is -2.16. The van der Waals surface area contributed by atoms with Gasteiger partial charge in [0.15, 0.2) is 6.61 Å². The fourth-order valence-electron chi connectivity index (χ4n) is 2.20. The van der Waals surface area contributed by atoms with Gasteiger partial charge in [-0.2, -0.15) is 0 Å². The molecule has 0 saturated heterocycles. The third kappa shape index (κ3) is 6.79. The first kappa shape index (κ1) is 18.1. The van der Waals surface area contributed by atoms with Crippen LogP contribution in [0.4, 0.5) is 0 Å². The summed E-state index contributed by atoms with van der Waals surface area (Å²) in [7, 11) is 0. The van der Waals surface area contributed by atoms with Crippen molar-refractivity contribution >= 4 is 39.6 Å². The number of carbonyl (C=O) groups excluding carboxylic acids is 2. The molecule has 0 unspecified atom stereocenters. The van der Waals surface area contributed by atoms with Crippen LogP contribution in [0.25, 0.3) is 0 Å². The molecule has 0 bridgehead atoms. The van der Waals surface area contributed by atoms with E-state index in [0.29, 0.717) is 13.0 Å². The number of esters is 1. The predicted octanol–water partition coefficient (Wildman–Crippen LogP) is 3.56. The van der Waals surface area contributed by atoms with Gasteiger partial charge in [-0.1, -0.05) is 28.1 Å². The highest BCUT2D eigenvalue weighted by Crippen LogP contribution is 2.20. The Bertz CT molecular complexity index is 559. The van der Waals surface area contributed by atoms with Gasteiger partial charge < -0.3 is 10.1 Å². The molecule has 1 aromatic rings. The largest absolute Gasteiger partial charge is 0.455 e. The molecule has 0 radical (unpaired) electrons. The van der Waals surface area contributed by atoms with Crippen LogP contribution in [0.3, 0.4) is 0 Å². The lowest BCUT2D eigenvalue weighted by atomic mass is 9.95. The molecule has 4 nitrogen and oxygen atoms in total. The minimum atomic E-state index is -0.270. The number of hydrogen-bond acceptors (Lipinski definition) is 4. The van der Waals surface area contributed by atoms with E-state index in [4.69, 9.17) is 4.74 Å². The SMILES string of the molecule is O=C(COC(=O)[C@H]1CC=CCC1)NCCSc1ccc(Br)cc1. The fraction of sp³-hybridized carbons (Fsp3) is 0.412.